The highest BCUT2D eigenvalue weighted by atomic mass is 79.9. The summed E-state index contributed by atoms with van der Waals surface area (Å²) in [7, 11) is 0. The van der Waals surface area contributed by atoms with Gasteiger partial charge >= 0.3 is 6.18 Å². The zero-order valence-corrected chi connectivity index (χ0v) is 13.6. The maximum absolute atomic E-state index is 13.2. The van der Waals surface area contributed by atoms with Gasteiger partial charge in [0.25, 0.3) is 0 Å². The first kappa shape index (κ1) is 17.5. The highest BCUT2D eigenvalue weighted by molar-refractivity contribution is 9.10. The molecule has 0 fully saturated rings. The fourth-order valence-electron chi connectivity index (χ4n) is 2.19. The minimum Gasteiger partial charge on any atom is -0.310 e. The van der Waals surface area contributed by atoms with Crippen LogP contribution in [-0.2, 0) is 6.18 Å². The van der Waals surface area contributed by atoms with Crippen molar-refractivity contribution in [3.8, 4) is 0 Å². The number of halogens is 4. The molecule has 1 aromatic rings. The second kappa shape index (κ2) is 7.46. The van der Waals surface area contributed by atoms with Gasteiger partial charge in [0, 0.05) is 10.5 Å². The maximum atomic E-state index is 13.2. The Morgan fingerprint density at radius 3 is 2.40 bits per heavy atom. The van der Waals surface area contributed by atoms with E-state index in [1.165, 1.54) is 0 Å². The van der Waals surface area contributed by atoms with Gasteiger partial charge in [-0.05, 0) is 43.0 Å². The molecule has 0 aliphatic carbocycles. The van der Waals surface area contributed by atoms with Gasteiger partial charge in [0.2, 0.25) is 0 Å². The van der Waals surface area contributed by atoms with Gasteiger partial charge in [-0.15, -0.1) is 0 Å². The molecule has 1 N–H and O–H groups in total. The third kappa shape index (κ3) is 5.09. The molecular formula is C15H21BrF3N. The van der Waals surface area contributed by atoms with Gasteiger partial charge in [-0.2, -0.15) is 13.2 Å². The van der Waals surface area contributed by atoms with Crippen LogP contribution >= 0.6 is 15.9 Å². The van der Waals surface area contributed by atoms with Gasteiger partial charge in [0.1, 0.15) is 0 Å². The zero-order chi connectivity index (χ0) is 15.3. The van der Waals surface area contributed by atoms with Crippen molar-refractivity contribution >= 4 is 15.9 Å². The summed E-state index contributed by atoms with van der Waals surface area (Å²) in [6, 6.07) is 4.14. The lowest BCUT2D eigenvalue weighted by Gasteiger charge is -2.24. The number of benzene rings is 1. The fraction of sp³-hybridized carbons (Fsp3) is 0.600. The lowest BCUT2D eigenvalue weighted by atomic mass is 9.93. The molecule has 0 aliphatic heterocycles. The van der Waals surface area contributed by atoms with E-state index in [2.05, 4.69) is 21.2 Å². The Morgan fingerprint density at radius 1 is 1.25 bits per heavy atom. The molecule has 0 aromatic heterocycles. The van der Waals surface area contributed by atoms with Crippen LogP contribution in [0.3, 0.4) is 0 Å². The molecule has 20 heavy (non-hydrogen) atoms. The SMILES string of the molecule is CCCNC(CC(C)C)c1ccc(Br)cc1C(F)(F)F. The first-order valence-electron chi connectivity index (χ1n) is 6.85. The van der Waals surface area contributed by atoms with Gasteiger partial charge in [0.15, 0.2) is 0 Å². The summed E-state index contributed by atoms with van der Waals surface area (Å²) in [6.45, 7) is 6.76. The van der Waals surface area contributed by atoms with Crippen LogP contribution in [0.1, 0.15) is 50.8 Å². The van der Waals surface area contributed by atoms with Crippen molar-refractivity contribution in [2.45, 2.75) is 45.8 Å². The van der Waals surface area contributed by atoms with Crippen LogP contribution in [0.2, 0.25) is 0 Å². The number of rotatable bonds is 6. The molecule has 0 spiro atoms. The van der Waals surface area contributed by atoms with Crippen LogP contribution in [0.5, 0.6) is 0 Å². The Hall–Kier alpha value is -0.550. The third-order valence-electron chi connectivity index (χ3n) is 3.04. The summed E-state index contributed by atoms with van der Waals surface area (Å²) in [5, 5.41) is 3.23. The highest BCUT2D eigenvalue weighted by Gasteiger charge is 2.35. The maximum Gasteiger partial charge on any atom is 0.416 e. The van der Waals surface area contributed by atoms with Crippen LogP contribution in [-0.4, -0.2) is 6.54 Å². The normalized spacial score (nSPS) is 13.8. The molecule has 1 nitrogen and oxygen atoms in total. The Bertz CT molecular complexity index is 430. The number of alkyl halides is 3. The first-order chi connectivity index (χ1) is 9.25. The molecule has 0 saturated heterocycles. The van der Waals surface area contributed by atoms with E-state index in [0.29, 0.717) is 28.9 Å². The van der Waals surface area contributed by atoms with E-state index in [4.69, 9.17) is 0 Å². The van der Waals surface area contributed by atoms with Crippen molar-refractivity contribution in [3.05, 3.63) is 33.8 Å². The molecule has 0 heterocycles. The van der Waals surface area contributed by atoms with E-state index in [9.17, 15) is 13.2 Å². The van der Waals surface area contributed by atoms with Crippen LogP contribution in [0, 0.1) is 5.92 Å². The standard InChI is InChI=1S/C15H21BrF3N/c1-4-7-20-14(8-10(2)3)12-6-5-11(16)9-13(12)15(17,18)19/h5-6,9-10,14,20H,4,7-8H2,1-3H3. The Labute approximate surface area is 127 Å². The summed E-state index contributed by atoms with van der Waals surface area (Å²) in [5.74, 6) is 0.328. The minimum atomic E-state index is -4.33. The Balaban J connectivity index is 3.17. The molecule has 0 saturated carbocycles. The van der Waals surface area contributed by atoms with Crippen LogP contribution in [0.4, 0.5) is 13.2 Å². The topological polar surface area (TPSA) is 12.0 Å². The summed E-state index contributed by atoms with van der Waals surface area (Å²) in [6.07, 6.45) is -2.75. The van der Waals surface area contributed by atoms with Gasteiger partial charge in [-0.25, -0.2) is 0 Å². The lowest BCUT2D eigenvalue weighted by Crippen LogP contribution is -2.26. The van der Waals surface area contributed by atoms with Crippen LogP contribution in [0.15, 0.2) is 22.7 Å². The predicted octanol–water partition coefficient (Wildman–Crippen LogP) is 5.55. The van der Waals surface area contributed by atoms with E-state index < -0.39 is 11.7 Å². The third-order valence-corrected chi connectivity index (χ3v) is 3.54. The molecule has 5 heteroatoms. The van der Waals surface area contributed by atoms with Gasteiger partial charge in [0.05, 0.1) is 5.56 Å². The molecule has 1 atom stereocenters. The molecule has 0 amide bonds. The molecule has 0 radical (unpaired) electrons. The summed E-state index contributed by atoms with van der Waals surface area (Å²) >= 11 is 3.12. The van der Waals surface area contributed by atoms with E-state index >= 15 is 0 Å². The lowest BCUT2D eigenvalue weighted by molar-refractivity contribution is -0.138. The van der Waals surface area contributed by atoms with E-state index in [-0.39, 0.29) is 6.04 Å². The number of nitrogens with one attached hydrogen (secondary N) is 1. The molecule has 1 aromatic carbocycles. The second-order valence-corrected chi connectivity index (χ2v) is 6.28. The van der Waals surface area contributed by atoms with Gasteiger partial charge in [-0.3, -0.25) is 0 Å². The Kier molecular flexibility index (Phi) is 6.52. The molecule has 0 aliphatic rings. The van der Waals surface area contributed by atoms with Gasteiger partial charge < -0.3 is 5.32 Å². The highest BCUT2D eigenvalue weighted by Crippen LogP contribution is 2.37. The molecule has 1 unspecified atom stereocenters. The summed E-state index contributed by atoms with van der Waals surface area (Å²) in [5.41, 5.74) is -0.219. The fourth-order valence-corrected chi connectivity index (χ4v) is 2.55. The molecule has 1 rings (SSSR count). The van der Waals surface area contributed by atoms with E-state index in [1.54, 1.807) is 12.1 Å². The molecule has 114 valence electrons. The van der Waals surface area contributed by atoms with Crippen molar-refractivity contribution in [1.29, 1.82) is 0 Å². The van der Waals surface area contributed by atoms with Crippen molar-refractivity contribution in [3.63, 3.8) is 0 Å². The largest absolute Gasteiger partial charge is 0.416 e. The number of hydrogen-bond acceptors (Lipinski definition) is 1. The first-order valence-corrected chi connectivity index (χ1v) is 7.65. The second-order valence-electron chi connectivity index (χ2n) is 5.37. The minimum absolute atomic E-state index is 0.264. The number of hydrogen-bond donors (Lipinski definition) is 1. The van der Waals surface area contributed by atoms with Crippen molar-refractivity contribution in [1.82, 2.24) is 5.32 Å². The monoisotopic (exact) mass is 351 g/mol. The van der Waals surface area contributed by atoms with Crippen LogP contribution < -0.4 is 5.32 Å². The van der Waals surface area contributed by atoms with Gasteiger partial charge in [-0.1, -0.05) is 42.8 Å². The van der Waals surface area contributed by atoms with Crippen molar-refractivity contribution < 1.29 is 13.2 Å². The smallest absolute Gasteiger partial charge is 0.310 e. The van der Waals surface area contributed by atoms with Crippen molar-refractivity contribution in [2.24, 2.45) is 5.92 Å². The molecule has 0 bridgehead atoms. The Morgan fingerprint density at radius 2 is 1.90 bits per heavy atom. The zero-order valence-electron chi connectivity index (χ0n) is 12.0. The average molecular weight is 352 g/mol. The van der Waals surface area contributed by atoms with E-state index in [0.717, 1.165) is 12.5 Å². The van der Waals surface area contributed by atoms with E-state index in [1.807, 2.05) is 20.8 Å². The quantitative estimate of drug-likeness (QED) is 0.707. The summed E-state index contributed by atoms with van der Waals surface area (Å²) < 4.78 is 40.1. The summed E-state index contributed by atoms with van der Waals surface area (Å²) in [4.78, 5) is 0. The predicted molar refractivity (Wildman–Crippen MR) is 79.6 cm³/mol. The average Bonchev–Trinajstić information content (AvgIpc) is 2.33. The van der Waals surface area contributed by atoms with Crippen molar-refractivity contribution in [2.75, 3.05) is 6.54 Å². The van der Waals surface area contributed by atoms with Crippen LogP contribution in [0.25, 0.3) is 0 Å². The molecular weight excluding hydrogens is 331 g/mol.